The van der Waals surface area contributed by atoms with E-state index in [4.69, 9.17) is 4.42 Å². The van der Waals surface area contributed by atoms with Gasteiger partial charge in [-0.3, -0.25) is 4.79 Å². The van der Waals surface area contributed by atoms with Gasteiger partial charge in [-0.1, -0.05) is 36.4 Å². The van der Waals surface area contributed by atoms with E-state index < -0.39 is 5.82 Å². The van der Waals surface area contributed by atoms with Crippen LogP contribution in [0.4, 0.5) is 4.39 Å². The molecule has 0 atom stereocenters. The predicted molar refractivity (Wildman–Crippen MR) is 83.6 cm³/mol. The molecule has 0 saturated heterocycles. The average Bonchev–Trinajstić information content (AvgIpc) is 2.92. The smallest absolute Gasteiger partial charge is 0.196 e. The van der Waals surface area contributed by atoms with E-state index in [9.17, 15) is 9.18 Å². The third-order valence-corrected chi connectivity index (χ3v) is 3.76. The van der Waals surface area contributed by atoms with Gasteiger partial charge in [-0.25, -0.2) is 4.39 Å². The van der Waals surface area contributed by atoms with Crippen molar-refractivity contribution in [3.63, 3.8) is 0 Å². The number of ketones is 1. The number of hydrogen-bond acceptors (Lipinski definition) is 2. The van der Waals surface area contributed by atoms with Crippen LogP contribution in [0.25, 0.3) is 21.9 Å². The quantitative estimate of drug-likeness (QED) is 0.489. The van der Waals surface area contributed by atoms with Gasteiger partial charge in [0.25, 0.3) is 0 Å². The molecule has 22 heavy (non-hydrogen) atoms. The summed E-state index contributed by atoms with van der Waals surface area (Å²) < 4.78 is 19.5. The first-order valence-corrected chi connectivity index (χ1v) is 6.94. The second kappa shape index (κ2) is 4.81. The highest BCUT2D eigenvalue weighted by Gasteiger charge is 2.15. The number of halogens is 1. The monoisotopic (exact) mass is 290 g/mol. The molecule has 0 unspecified atom stereocenters. The standard InChI is InChI=1S/C19H11FO2/c20-16-7-3-1-6-15(16)19(21)12-9-10-14-13-5-2-4-8-17(13)22-18(14)11-12/h1-11H. The molecule has 2 nitrogen and oxygen atoms in total. The van der Waals surface area contributed by atoms with E-state index in [1.165, 1.54) is 12.1 Å². The summed E-state index contributed by atoms with van der Waals surface area (Å²) in [5.41, 5.74) is 1.88. The molecule has 0 spiro atoms. The number of fused-ring (bicyclic) bond motifs is 3. The van der Waals surface area contributed by atoms with Gasteiger partial charge < -0.3 is 4.42 Å². The summed E-state index contributed by atoms with van der Waals surface area (Å²) in [6.45, 7) is 0. The van der Waals surface area contributed by atoms with Crippen LogP contribution in [-0.2, 0) is 0 Å². The molecular weight excluding hydrogens is 279 g/mol. The van der Waals surface area contributed by atoms with E-state index in [1.807, 2.05) is 30.3 Å². The minimum atomic E-state index is -0.516. The minimum absolute atomic E-state index is 0.0676. The third-order valence-electron chi connectivity index (χ3n) is 3.76. The number of rotatable bonds is 2. The van der Waals surface area contributed by atoms with Crippen molar-refractivity contribution in [3.05, 3.63) is 83.7 Å². The van der Waals surface area contributed by atoms with Crippen molar-refractivity contribution in [1.29, 1.82) is 0 Å². The van der Waals surface area contributed by atoms with Crippen LogP contribution < -0.4 is 0 Å². The molecule has 1 heterocycles. The molecule has 0 saturated carbocycles. The number of benzene rings is 3. The normalized spacial score (nSPS) is 11.1. The molecule has 106 valence electrons. The predicted octanol–water partition coefficient (Wildman–Crippen LogP) is 4.96. The van der Waals surface area contributed by atoms with Crippen molar-refractivity contribution in [3.8, 4) is 0 Å². The van der Waals surface area contributed by atoms with Crippen LogP contribution >= 0.6 is 0 Å². The van der Waals surface area contributed by atoms with Gasteiger partial charge in [0.05, 0.1) is 5.56 Å². The maximum Gasteiger partial charge on any atom is 0.196 e. The molecule has 0 aliphatic rings. The molecule has 0 aliphatic heterocycles. The molecule has 4 rings (SSSR count). The minimum Gasteiger partial charge on any atom is -0.456 e. The Kier molecular flexibility index (Phi) is 2.79. The average molecular weight is 290 g/mol. The molecular formula is C19H11FO2. The van der Waals surface area contributed by atoms with E-state index in [-0.39, 0.29) is 11.3 Å². The van der Waals surface area contributed by atoms with Crippen molar-refractivity contribution < 1.29 is 13.6 Å². The van der Waals surface area contributed by atoms with Crippen LogP contribution in [0.5, 0.6) is 0 Å². The summed E-state index contributed by atoms with van der Waals surface area (Å²) in [7, 11) is 0. The summed E-state index contributed by atoms with van der Waals surface area (Å²) in [5.74, 6) is -0.863. The lowest BCUT2D eigenvalue weighted by atomic mass is 10.0. The fraction of sp³-hybridized carbons (Fsp3) is 0. The Morgan fingerprint density at radius 3 is 2.41 bits per heavy atom. The molecule has 4 aromatic rings. The van der Waals surface area contributed by atoms with Gasteiger partial charge in [-0.15, -0.1) is 0 Å². The van der Waals surface area contributed by atoms with Crippen LogP contribution in [-0.4, -0.2) is 5.78 Å². The zero-order valence-corrected chi connectivity index (χ0v) is 11.5. The van der Waals surface area contributed by atoms with E-state index in [0.29, 0.717) is 11.1 Å². The Morgan fingerprint density at radius 2 is 1.55 bits per heavy atom. The Balaban J connectivity index is 1.88. The van der Waals surface area contributed by atoms with Crippen molar-refractivity contribution in [1.82, 2.24) is 0 Å². The van der Waals surface area contributed by atoms with Crippen molar-refractivity contribution in [2.45, 2.75) is 0 Å². The SMILES string of the molecule is O=C(c1ccc2c(c1)oc1ccccc12)c1ccccc1F. The lowest BCUT2D eigenvalue weighted by Crippen LogP contribution is -2.03. The summed E-state index contributed by atoms with van der Waals surface area (Å²) in [5, 5.41) is 1.95. The highest BCUT2D eigenvalue weighted by atomic mass is 19.1. The number of furan rings is 1. The van der Waals surface area contributed by atoms with Gasteiger partial charge >= 0.3 is 0 Å². The van der Waals surface area contributed by atoms with Crippen LogP contribution in [0.15, 0.2) is 71.1 Å². The summed E-state index contributed by atoms with van der Waals surface area (Å²) in [6, 6.07) is 18.9. The lowest BCUT2D eigenvalue weighted by molar-refractivity contribution is 0.103. The third kappa shape index (κ3) is 1.91. The van der Waals surface area contributed by atoms with Gasteiger partial charge in [0.15, 0.2) is 5.78 Å². The first-order chi connectivity index (χ1) is 10.7. The van der Waals surface area contributed by atoms with Gasteiger partial charge in [0.1, 0.15) is 17.0 Å². The van der Waals surface area contributed by atoms with Gasteiger partial charge in [-0.2, -0.15) is 0 Å². The summed E-state index contributed by atoms with van der Waals surface area (Å²) in [4.78, 5) is 12.4. The number of carbonyl (C=O) groups excluding carboxylic acids is 1. The number of hydrogen-bond donors (Lipinski definition) is 0. The highest BCUT2D eigenvalue weighted by molar-refractivity contribution is 6.12. The second-order valence-corrected chi connectivity index (χ2v) is 5.12. The fourth-order valence-corrected chi connectivity index (χ4v) is 2.67. The summed E-state index contributed by atoms with van der Waals surface area (Å²) >= 11 is 0. The van der Waals surface area contributed by atoms with E-state index in [2.05, 4.69) is 0 Å². The topological polar surface area (TPSA) is 30.2 Å². The van der Waals surface area contributed by atoms with Crippen LogP contribution in [0.2, 0.25) is 0 Å². The van der Waals surface area contributed by atoms with Crippen molar-refractivity contribution in [2.24, 2.45) is 0 Å². The largest absolute Gasteiger partial charge is 0.456 e. The zero-order chi connectivity index (χ0) is 15.1. The van der Waals surface area contributed by atoms with Gasteiger partial charge in [-0.05, 0) is 30.3 Å². The number of carbonyl (C=O) groups is 1. The molecule has 0 aliphatic carbocycles. The van der Waals surface area contributed by atoms with E-state index >= 15 is 0 Å². The Hall–Kier alpha value is -2.94. The highest BCUT2D eigenvalue weighted by Crippen LogP contribution is 2.29. The molecule has 0 N–H and O–H groups in total. The molecule has 0 fully saturated rings. The molecule has 0 radical (unpaired) electrons. The Labute approximate surface area is 125 Å². The van der Waals surface area contributed by atoms with Gasteiger partial charge in [0, 0.05) is 16.3 Å². The molecule has 1 aromatic heterocycles. The van der Waals surface area contributed by atoms with E-state index in [0.717, 1.165) is 16.4 Å². The fourth-order valence-electron chi connectivity index (χ4n) is 2.67. The van der Waals surface area contributed by atoms with Gasteiger partial charge in [0.2, 0.25) is 0 Å². The Bertz CT molecular complexity index is 1010. The maximum atomic E-state index is 13.8. The number of para-hydroxylation sites is 1. The van der Waals surface area contributed by atoms with Crippen molar-refractivity contribution >= 4 is 27.7 Å². The van der Waals surface area contributed by atoms with E-state index in [1.54, 1.807) is 24.3 Å². The molecule has 3 aromatic carbocycles. The molecule has 3 heteroatoms. The van der Waals surface area contributed by atoms with Crippen LogP contribution in [0.3, 0.4) is 0 Å². The van der Waals surface area contributed by atoms with Crippen molar-refractivity contribution in [2.75, 3.05) is 0 Å². The maximum absolute atomic E-state index is 13.8. The molecule has 0 bridgehead atoms. The summed E-state index contributed by atoms with van der Waals surface area (Å²) in [6.07, 6.45) is 0. The Morgan fingerprint density at radius 1 is 0.818 bits per heavy atom. The first-order valence-electron chi connectivity index (χ1n) is 6.94. The molecule has 0 amide bonds. The second-order valence-electron chi connectivity index (χ2n) is 5.12. The van der Waals surface area contributed by atoms with Crippen LogP contribution in [0.1, 0.15) is 15.9 Å². The van der Waals surface area contributed by atoms with Crippen LogP contribution in [0, 0.1) is 5.82 Å². The lowest BCUT2D eigenvalue weighted by Gasteiger charge is -2.02. The zero-order valence-electron chi connectivity index (χ0n) is 11.5. The first kappa shape index (κ1) is 12.8.